The van der Waals surface area contributed by atoms with Gasteiger partial charge in [-0.05, 0) is 24.3 Å². The number of carbonyl (C=O) groups excluding carboxylic acids is 2. The molecule has 0 bridgehead atoms. The van der Waals surface area contributed by atoms with Crippen LogP contribution in [0.1, 0.15) is 12.8 Å². The third-order valence-electron chi connectivity index (χ3n) is 3.81. The summed E-state index contributed by atoms with van der Waals surface area (Å²) < 4.78 is 37.4. The number of benzene rings is 1. The Hall–Kier alpha value is -3.21. The second-order valence-corrected chi connectivity index (χ2v) is 7.18. The topological polar surface area (TPSA) is 128 Å². The first kappa shape index (κ1) is 18.6. The first-order chi connectivity index (χ1) is 12.9. The second kappa shape index (κ2) is 7.19. The Balaban J connectivity index is 1.85. The largest absolute Gasteiger partial charge is 0.479 e. The Morgan fingerprint density at radius 1 is 1.04 bits per heavy atom. The van der Waals surface area contributed by atoms with E-state index in [0.29, 0.717) is 5.69 Å². The number of sulfonamides is 1. The SMILES string of the molecule is COc1ncc(NS(=O)(=O)c2ccc(N3C(=O)CCC3=O)cc2)c(OC)n1. The molecule has 1 aliphatic heterocycles. The van der Waals surface area contributed by atoms with Gasteiger partial charge in [-0.25, -0.2) is 13.4 Å². The molecule has 27 heavy (non-hydrogen) atoms. The van der Waals surface area contributed by atoms with Crippen molar-refractivity contribution in [3.05, 3.63) is 30.5 Å². The van der Waals surface area contributed by atoms with Crippen LogP contribution in [0.3, 0.4) is 0 Å². The first-order valence-corrected chi connectivity index (χ1v) is 9.27. The van der Waals surface area contributed by atoms with E-state index >= 15 is 0 Å². The van der Waals surface area contributed by atoms with Crippen molar-refractivity contribution in [2.24, 2.45) is 0 Å². The maximum atomic E-state index is 12.6. The Morgan fingerprint density at radius 3 is 2.22 bits per heavy atom. The third kappa shape index (κ3) is 3.67. The molecule has 0 radical (unpaired) electrons. The molecule has 3 rings (SSSR count). The number of hydrogen-bond donors (Lipinski definition) is 1. The number of nitrogens with one attached hydrogen (secondary N) is 1. The van der Waals surface area contributed by atoms with Crippen molar-refractivity contribution in [3.8, 4) is 11.9 Å². The molecule has 10 nitrogen and oxygen atoms in total. The smallest absolute Gasteiger partial charge is 0.319 e. The summed E-state index contributed by atoms with van der Waals surface area (Å²) in [5.41, 5.74) is 0.360. The van der Waals surface area contributed by atoms with Crippen LogP contribution in [-0.2, 0) is 19.6 Å². The Kier molecular flexibility index (Phi) is 4.95. The lowest BCUT2D eigenvalue weighted by molar-refractivity contribution is -0.121. The van der Waals surface area contributed by atoms with E-state index in [1.165, 1.54) is 44.7 Å². The molecule has 1 aromatic heterocycles. The van der Waals surface area contributed by atoms with E-state index in [-0.39, 0.29) is 47.1 Å². The number of hydrogen-bond acceptors (Lipinski definition) is 8. The lowest BCUT2D eigenvalue weighted by Gasteiger charge is -2.15. The molecule has 0 unspecified atom stereocenters. The van der Waals surface area contributed by atoms with Crippen molar-refractivity contribution in [2.45, 2.75) is 17.7 Å². The zero-order valence-electron chi connectivity index (χ0n) is 14.5. The van der Waals surface area contributed by atoms with Gasteiger partial charge in [-0.3, -0.25) is 19.2 Å². The zero-order valence-corrected chi connectivity index (χ0v) is 15.3. The van der Waals surface area contributed by atoms with E-state index in [2.05, 4.69) is 14.7 Å². The maximum absolute atomic E-state index is 12.6. The molecule has 1 aliphatic rings. The van der Waals surface area contributed by atoms with E-state index in [4.69, 9.17) is 9.47 Å². The van der Waals surface area contributed by atoms with Crippen molar-refractivity contribution < 1.29 is 27.5 Å². The predicted octanol–water partition coefficient (Wildman–Crippen LogP) is 0.948. The van der Waals surface area contributed by atoms with Gasteiger partial charge in [0.25, 0.3) is 10.0 Å². The fourth-order valence-electron chi connectivity index (χ4n) is 2.52. The molecule has 0 saturated carbocycles. The molecule has 0 spiro atoms. The molecule has 1 fully saturated rings. The van der Waals surface area contributed by atoms with Crippen molar-refractivity contribution >= 4 is 33.2 Å². The van der Waals surface area contributed by atoms with Crippen LogP contribution in [0, 0.1) is 0 Å². The molecule has 2 aromatic rings. The highest BCUT2D eigenvalue weighted by atomic mass is 32.2. The lowest BCUT2D eigenvalue weighted by Crippen LogP contribution is -2.28. The zero-order chi connectivity index (χ0) is 19.6. The van der Waals surface area contributed by atoms with Gasteiger partial charge in [0.15, 0.2) is 0 Å². The summed E-state index contributed by atoms with van der Waals surface area (Å²) >= 11 is 0. The van der Waals surface area contributed by atoms with Gasteiger partial charge in [0.05, 0.1) is 31.0 Å². The fraction of sp³-hybridized carbons (Fsp3) is 0.250. The highest BCUT2D eigenvalue weighted by Gasteiger charge is 2.30. The summed E-state index contributed by atoms with van der Waals surface area (Å²) in [4.78, 5) is 32.3. The normalized spacial score (nSPS) is 14.4. The van der Waals surface area contributed by atoms with Gasteiger partial charge in [-0.2, -0.15) is 4.98 Å². The van der Waals surface area contributed by atoms with Crippen LogP contribution < -0.4 is 19.1 Å². The summed E-state index contributed by atoms with van der Waals surface area (Å²) in [7, 11) is -1.27. The molecular weight excluding hydrogens is 376 g/mol. The number of anilines is 2. The summed E-state index contributed by atoms with van der Waals surface area (Å²) in [6, 6.07) is 5.43. The number of carbonyl (C=O) groups is 2. The number of imide groups is 1. The average Bonchev–Trinajstić information content (AvgIpc) is 3.00. The number of nitrogens with zero attached hydrogens (tertiary/aromatic N) is 3. The summed E-state index contributed by atoms with van der Waals surface area (Å²) in [5, 5.41) is 0. The average molecular weight is 392 g/mol. The van der Waals surface area contributed by atoms with Gasteiger partial charge in [0, 0.05) is 12.8 Å². The molecule has 0 atom stereocenters. The summed E-state index contributed by atoms with van der Waals surface area (Å²) in [6.07, 6.45) is 1.52. The van der Waals surface area contributed by atoms with Crippen LogP contribution in [0.25, 0.3) is 0 Å². The van der Waals surface area contributed by atoms with Crippen LogP contribution in [0.15, 0.2) is 35.4 Å². The minimum atomic E-state index is -3.97. The number of methoxy groups -OCH3 is 2. The Morgan fingerprint density at radius 2 is 1.67 bits per heavy atom. The first-order valence-electron chi connectivity index (χ1n) is 7.79. The molecule has 1 N–H and O–H groups in total. The summed E-state index contributed by atoms with van der Waals surface area (Å²) in [5.74, 6) is -0.627. The molecule has 1 saturated heterocycles. The number of amides is 2. The van der Waals surface area contributed by atoms with E-state index < -0.39 is 10.0 Å². The van der Waals surface area contributed by atoms with Crippen LogP contribution in [0.2, 0.25) is 0 Å². The van der Waals surface area contributed by atoms with Crippen LogP contribution in [0.5, 0.6) is 11.9 Å². The quantitative estimate of drug-likeness (QED) is 0.720. The molecular formula is C16H16N4O6S. The highest BCUT2D eigenvalue weighted by molar-refractivity contribution is 7.92. The van der Waals surface area contributed by atoms with E-state index in [1.807, 2.05) is 0 Å². The molecule has 2 heterocycles. The standard InChI is InChI=1S/C16H16N4O6S/c1-25-15-12(9-17-16(18-15)26-2)19-27(23,24)11-5-3-10(4-6-11)20-13(21)7-8-14(20)22/h3-6,9,19H,7-8H2,1-2H3. The van der Waals surface area contributed by atoms with Crippen molar-refractivity contribution in [1.82, 2.24) is 9.97 Å². The third-order valence-corrected chi connectivity index (χ3v) is 5.19. The molecule has 1 aromatic carbocycles. The number of rotatable bonds is 6. The lowest BCUT2D eigenvalue weighted by atomic mass is 10.3. The van der Waals surface area contributed by atoms with Gasteiger partial charge in [-0.1, -0.05) is 0 Å². The van der Waals surface area contributed by atoms with Gasteiger partial charge >= 0.3 is 6.01 Å². The molecule has 11 heteroatoms. The monoisotopic (exact) mass is 392 g/mol. The minimum Gasteiger partial charge on any atom is -0.479 e. The van der Waals surface area contributed by atoms with E-state index in [0.717, 1.165) is 4.90 Å². The Labute approximate surface area is 155 Å². The molecule has 2 amide bonds. The van der Waals surface area contributed by atoms with Crippen LogP contribution in [-0.4, -0.2) is 44.4 Å². The maximum Gasteiger partial charge on any atom is 0.319 e. The van der Waals surface area contributed by atoms with E-state index in [9.17, 15) is 18.0 Å². The fourth-order valence-corrected chi connectivity index (χ4v) is 3.56. The van der Waals surface area contributed by atoms with Crippen molar-refractivity contribution in [1.29, 1.82) is 0 Å². The second-order valence-electron chi connectivity index (χ2n) is 5.50. The number of aromatic nitrogens is 2. The highest BCUT2D eigenvalue weighted by Crippen LogP contribution is 2.27. The predicted molar refractivity (Wildman–Crippen MR) is 94.1 cm³/mol. The van der Waals surface area contributed by atoms with Gasteiger partial charge < -0.3 is 9.47 Å². The van der Waals surface area contributed by atoms with Gasteiger partial charge in [0.2, 0.25) is 17.7 Å². The summed E-state index contributed by atoms with van der Waals surface area (Å²) in [6.45, 7) is 0. The van der Waals surface area contributed by atoms with Crippen LogP contribution >= 0.6 is 0 Å². The van der Waals surface area contributed by atoms with Crippen molar-refractivity contribution in [2.75, 3.05) is 23.8 Å². The minimum absolute atomic E-state index is 0.00435. The van der Waals surface area contributed by atoms with Crippen molar-refractivity contribution in [3.63, 3.8) is 0 Å². The number of ether oxygens (including phenoxy) is 2. The van der Waals surface area contributed by atoms with Gasteiger partial charge in [0.1, 0.15) is 5.69 Å². The molecule has 142 valence electrons. The van der Waals surface area contributed by atoms with Gasteiger partial charge in [-0.15, -0.1) is 0 Å². The Bertz CT molecular complexity index is 974. The van der Waals surface area contributed by atoms with E-state index in [1.54, 1.807) is 0 Å². The van der Waals surface area contributed by atoms with Crippen LogP contribution in [0.4, 0.5) is 11.4 Å². The molecule has 0 aliphatic carbocycles.